The Hall–Kier alpha value is -4.02. The largest absolute Gasteiger partial charge is 0.479 e. The van der Waals surface area contributed by atoms with Gasteiger partial charge in [0.05, 0.1) is 26.4 Å². The molecule has 0 aliphatic carbocycles. The number of aromatic nitrogens is 6. The highest BCUT2D eigenvalue weighted by atomic mass is 19.1. The Bertz CT molecular complexity index is 1310. The lowest BCUT2D eigenvalue weighted by Crippen LogP contribution is -2.28. The normalized spacial score (nSPS) is 11.1. The molecule has 0 aliphatic rings. The topological polar surface area (TPSA) is 109 Å². The van der Waals surface area contributed by atoms with Crippen LogP contribution in [0, 0.1) is 5.82 Å². The average molecular weight is 425 g/mol. The summed E-state index contributed by atoms with van der Waals surface area (Å²) in [5, 5.41) is 11.3. The zero-order valence-electron chi connectivity index (χ0n) is 16.9. The first-order valence-corrected chi connectivity index (χ1v) is 9.48. The van der Waals surface area contributed by atoms with Crippen molar-refractivity contribution in [3.63, 3.8) is 0 Å². The molecule has 3 aromatic heterocycles. The van der Waals surface area contributed by atoms with Crippen molar-refractivity contribution in [2.45, 2.75) is 13.1 Å². The zero-order chi connectivity index (χ0) is 22.0. The molecular weight excluding hydrogens is 405 g/mol. The summed E-state index contributed by atoms with van der Waals surface area (Å²) in [5.41, 5.74) is 0.794. The lowest BCUT2D eigenvalue weighted by atomic mass is 10.2. The summed E-state index contributed by atoms with van der Waals surface area (Å²) in [6.07, 6.45) is 4.36. The summed E-state index contributed by atoms with van der Waals surface area (Å²) in [7, 11) is 3.14. The molecule has 11 heteroatoms. The van der Waals surface area contributed by atoms with E-state index in [-0.39, 0.29) is 36.3 Å². The standard InChI is InChI=1S/C20H20FN7O3/c1-26-11-15(19(25-26)31-2)18(29)22-7-8-28-17-14(9-24-28)20(30)27(12-23-17)10-13-5-3-4-6-16(13)21/h3-6,9,11-12H,7-8,10H2,1-2H3,(H,22,29). The third-order valence-corrected chi connectivity index (χ3v) is 4.76. The molecule has 0 saturated carbocycles. The molecule has 3 heterocycles. The molecule has 31 heavy (non-hydrogen) atoms. The predicted molar refractivity (Wildman–Crippen MR) is 109 cm³/mol. The number of benzene rings is 1. The Morgan fingerprint density at radius 2 is 2.10 bits per heavy atom. The van der Waals surface area contributed by atoms with Gasteiger partial charge in [0.1, 0.15) is 23.1 Å². The minimum Gasteiger partial charge on any atom is -0.479 e. The predicted octanol–water partition coefficient (Wildman–Crippen LogP) is 0.952. The molecule has 0 fully saturated rings. The van der Waals surface area contributed by atoms with E-state index in [1.165, 1.54) is 39.6 Å². The number of methoxy groups -OCH3 is 1. The molecule has 160 valence electrons. The number of carbonyl (C=O) groups is 1. The summed E-state index contributed by atoms with van der Waals surface area (Å²) in [6, 6.07) is 6.27. The van der Waals surface area contributed by atoms with Crippen molar-refractivity contribution >= 4 is 16.9 Å². The van der Waals surface area contributed by atoms with Crippen molar-refractivity contribution in [2.75, 3.05) is 13.7 Å². The van der Waals surface area contributed by atoms with Crippen LogP contribution in [0.2, 0.25) is 0 Å². The van der Waals surface area contributed by atoms with Gasteiger partial charge in [-0.15, -0.1) is 5.10 Å². The monoisotopic (exact) mass is 425 g/mol. The summed E-state index contributed by atoms with van der Waals surface area (Å²) in [5.74, 6) is -0.477. The molecule has 0 spiro atoms. The van der Waals surface area contributed by atoms with Crippen molar-refractivity contribution in [1.82, 2.24) is 34.4 Å². The molecule has 0 bridgehead atoms. The van der Waals surface area contributed by atoms with E-state index in [1.54, 1.807) is 31.4 Å². The molecule has 0 aliphatic heterocycles. The fraction of sp³-hybridized carbons (Fsp3) is 0.250. The fourth-order valence-electron chi connectivity index (χ4n) is 3.23. The van der Waals surface area contributed by atoms with Crippen LogP contribution >= 0.6 is 0 Å². The maximum atomic E-state index is 13.9. The van der Waals surface area contributed by atoms with Gasteiger partial charge in [-0.05, 0) is 6.07 Å². The van der Waals surface area contributed by atoms with E-state index in [2.05, 4.69) is 20.5 Å². The maximum Gasteiger partial charge on any atom is 0.264 e. The number of nitrogens with zero attached hydrogens (tertiary/aromatic N) is 6. The number of hydrogen-bond donors (Lipinski definition) is 1. The summed E-state index contributed by atoms with van der Waals surface area (Å²) in [6.45, 7) is 0.637. The van der Waals surface area contributed by atoms with Crippen molar-refractivity contribution in [3.8, 4) is 5.88 Å². The van der Waals surface area contributed by atoms with Gasteiger partial charge in [0, 0.05) is 25.4 Å². The fourth-order valence-corrected chi connectivity index (χ4v) is 3.23. The molecule has 1 amide bonds. The Morgan fingerprint density at radius 3 is 2.87 bits per heavy atom. The first-order valence-electron chi connectivity index (χ1n) is 9.48. The van der Waals surface area contributed by atoms with Gasteiger partial charge in [-0.3, -0.25) is 18.8 Å². The Morgan fingerprint density at radius 1 is 1.29 bits per heavy atom. The van der Waals surface area contributed by atoms with Gasteiger partial charge in [0.2, 0.25) is 5.88 Å². The maximum absolute atomic E-state index is 13.9. The number of rotatable bonds is 7. The third kappa shape index (κ3) is 4.02. The van der Waals surface area contributed by atoms with E-state index in [4.69, 9.17) is 4.74 Å². The molecule has 10 nitrogen and oxygen atoms in total. The minimum atomic E-state index is -0.383. The number of hydrogen-bond acceptors (Lipinski definition) is 6. The van der Waals surface area contributed by atoms with Crippen molar-refractivity contribution in [3.05, 3.63) is 70.3 Å². The second-order valence-electron chi connectivity index (χ2n) is 6.86. The van der Waals surface area contributed by atoms with Crippen LogP contribution in [-0.4, -0.2) is 48.7 Å². The van der Waals surface area contributed by atoms with Gasteiger partial charge in [0.25, 0.3) is 11.5 Å². The summed E-state index contributed by atoms with van der Waals surface area (Å²) < 4.78 is 23.4. The van der Waals surface area contributed by atoms with Crippen LogP contribution in [0.4, 0.5) is 4.39 Å². The first-order chi connectivity index (χ1) is 15.0. The zero-order valence-corrected chi connectivity index (χ0v) is 16.9. The van der Waals surface area contributed by atoms with Crippen LogP contribution in [0.25, 0.3) is 11.0 Å². The lowest BCUT2D eigenvalue weighted by Gasteiger charge is -2.08. The van der Waals surface area contributed by atoms with Crippen LogP contribution in [0.3, 0.4) is 0 Å². The number of carbonyl (C=O) groups excluding carboxylic acids is 1. The van der Waals surface area contributed by atoms with Gasteiger partial charge in [0.15, 0.2) is 5.65 Å². The molecule has 0 unspecified atom stereocenters. The van der Waals surface area contributed by atoms with Gasteiger partial charge in [-0.25, -0.2) is 14.1 Å². The van der Waals surface area contributed by atoms with Gasteiger partial charge < -0.3 is 10.1 Å². The second-order valence-corrected chi connectivity index (χ2v) is 6.86. The molecule has 0 saturated heterocycles. The molecular formula is C20H20FN7O3. The van der Waals surface area contributed by atoms with E-state index in [0.717, 1.165) is 0 Å². The van der Waals surface area contributed by atoms with Gasteiger partial charge in [-0.2, -0.15) is 5.10 Å². The number of aryl methyl sites for hydroxylation is 1. The Kier molecular flexibility index (Phi) is 5.48. The average Bonchev–Trinajstić information content (AvgIpc) is 3.35. The van der Waals surface area contributed by atoms with Crippen LogP contribution in [0.1, 0.15) is 15.9 Å². The molecule has 0 radical (unpaired) electrons. The van der Waals surface area contributed by atoms with E-state index >= 15 is 0 Å². The number of fused-ring (bicyclic) bond motifs is 1. The van der Waals surface area contributed by atoms with Crippen molar-refractivity contribution in [1.29, 1.82) is 0 Å². The quantitative estimate of drug-likeness (QED) is 0.472. The highest BCUT2D eigenvalue weighted by molar-refractivity contribution is 5.96. The molecule has 4 rings (SSSR count). The van der Waals surface area contributed by atoms with Gasteiger partial charge in [-0.1, -0.05) is 18.2 Å². The number of nitrogens with one attached hydrogen (secondary N) is 1. The molecule has 0 atom stereocenters. The van der Waals surface area contributed by atoms with E-state index in [1.807, 2.05) is 0 Å². The first kappa shape index (κ1) is 20.3. The highest BCUT2D eigenvalue weighted by Crippen LogP contribution is 2.14. The van der Waals surface area contributed by atoms with Crippen LogP contribution in [-0.2, 0) is 20.1 Å². The molecule has 1 aromatic carbocycles. The van der Waals surface area contributed by atoms with Crippen molar-refractivity contribution < 1.29 is 13.9 Å². The van der Waals surface area contributed by atoms with Crippen LogP contribution < -0.4 is 15.6 Å². The Labute approximate surface area is 175 Å². The Balaban J connectivity index is 1.47. The summed E-state index contributed by atoms with van der Waals surface area (Å²) >= 11 is 0. The van der Waals surface area contributed by atoms with E-state index in [0.29, 0.717) is 28.7 Å². The number of halogens is 1. The van der Waals surface area contributed by atoms with E-state index in [9.17, 15) is 14.0 Å². The molecule has 1 N–H and O–H groups in total. The third-order valence-electron chi connectivity index (χ3n) is 4.76. The summed E-state index contributed by atoms with van der Waals surface area (Å²) in [4.78, 5) is 29.4. The SMILES string of the molecule is COc1nn(C)cc1C(=O)NCCn1ncc2c(=O)n(Cc3ccccc3F)cnc21. The minimum absolute atomic E-state index is 0.0721. The smallest absolute Gasteiger partial charge is 0.264 e. The van der Waals surface area contributed by atoms with Crippen molar-refractivity contribution in [2.24, 2.45) is 7.05 Å². The molecule has 4 aromatic rings. The number of amides is 1. The van der Waals surface area contributed by atoms with Gasteiger partial charge >= 0.3 is 0 Å². The second kappa shape index (κ2) is 8.38. The van der Waals surface area contributed by atoms with E-state index < -0.39 is 0 Å². The number of ether oxygens (including phenoxy) is 1. The lowest BCUT2D eigenvalue weighted by molar-refractivity contribution is 0.0949. The van der Waals surface area contributed by atoms with Crippen LogP contribution in [0.5, 0.6) is 5.88 Å². The highest BCUT2D eigenvalue weighted by Gasteiger charge is 2.16. The van der Waals surface area contributed by atoms with Crippen LogP contribution in [0.15, 0.2) is 47.8 Å².